The molecule has 0 bridgehead atoms. The molecule has 0 aliphatic heterocycles. The van der Waals surface area contributed by atoms with E-state index in [2.05, 4.69) is 15.6 Å². The summed E-state index contributed by atoms with van der Waals surface area (Å²) in [7, 11) is 0. The van der Waals surface area contributed by atoms with E-state index in [1.807, 2.05) is 30.3 Å². The van der Waals surface area contributed by atoms with Crippen molar-refractivity contribution in [2.75, 3.05) is 5.32 Å². The molecule has 0 unspecified atom stereocenters. The molecule has 160 valence electrons. The van der Waals surface area contributed by atoms with Crippen LogP contribution in [0.2, 0.25) is 0 Å². The van der Waals surface area contributed by atoms with Gasteiger partial charge in [-0.15, -0.1) is 11.3 Å². The number of pyridine rings is 1. The molecule has 0 radical (unpaired) electrons. The number of rotatable bonds is 6. The first kappa shape index (κ1) is 21.0. The Balaban J connectivity index is 1.40. The Bertz CT molecular complexity index is 1110. The van der Waals surface area contributed by atoms with Crippen LogP contribution in [-0.4, -0.2) is 21.4 Å². The Morgan fingerprint density at radius 3 is 2.68 bits per heavy atom. The summed E-state index contributed by atoms with van der Waals surface area (Å²) in [5, 5.41) is 6.12. The third kappa shape index (κ3) is 5.27. The summed E-state index contributed by atoms with van der Waals surface area (Å²) in [5.74, 6) is -0.805. The van der Waals surface area contributed by atoms with Crippen LogP contribution in [-0.2, 0) is 30.7 Å². The van der Waals surface area contributed by atoms with Crippen LogP contribution in [0.1, 0.15) is 45.8 Å². The minimum atomic E-state index is -0.502. The predicted octanol–water partition coefficient (Wildman–Crippen LogP) is 3.14. The summed E-state index contributed by atoms with van der Waals surface area (Å²) in [6.45, 7) is 0.145. The number of nitrogens with one attached hydrogen (secondary N) is 2. The number of amides is 2. The van der Waals surface area contributed by atoms with E-state index in [1.165, 1.54) is 39.5 Å². The van der Waals surface area contributed by atoms with Gasteiger partial charge in [-0.3, -0.25) is 14.4 Å². The van der Waals surface area contributed by atoms with E-state index in [0.717, 1.165) is 36.9 Å². The number of nitrogens with zero attached hydrogens (tertiary/aromatic N) is 2. The molecule has 0 fully saturated rings. The number of benzene rings is 1. The van der Waals surface area contributed by atoms with Gasteiger partial charge in [0.15, 0.2) is 5.13 Å². The average Bonchev–Trinajstić information content (AvgIpc) is 3.01. The zero-order valence-electron chi connectivity index (χ0n) is 17.1. The highest BCUT2D eigenvalue weighted by Crippen LogP contribution is 2.28. The molecule has 2 aromatic heterocycles. The van der Waals surface area contributed by atoms with Gasteiger partial charge in [0.1, 0.15) is 12.1 Å². The van der Waals surface area contributed by atoms with Crippen LogP contribution in [0.3, 0.4) is 0 Å². The summed E-state index contributed by atoms with van der Waals surface area (Å²) < 4.78 is 1.24. The lowest BCUT2D eigenvalue weighted by Crippen LogP contribution is -2.34. The second kappa shape index (κ2) is 9.70. The fraction of sp³-hybridized carbons (Fsp3) is 0.304. The normalized spacial score (nSPS) is 13.2. The standard InChI is InChI=1S/C23H24N4O3S/c28-20(26-23-25-18-11-5-2-6-12-19(18)31-23)15-27-13-7-10-17(22(27)30)21(29)24-14-16-8-3-1-4-9-16/h1,3-4,7-10,13H,2,5-6,11-12,14-15H2,(H,24,29)(H,25,26,28). The molecule has 0 saturated carbocycles. The van der Waals surface area contributed by atoms with Crippen molar-refractivity contribution in [3.8, 4) is 0 Å². The maximum Gasteiger partial charge on any atom is 0.263 e. The number of fused-ring (bicyclic) bond motifs is 1. The van der Waals surface area contributed by atoms with Crippen LogP contribution >= 0.6 is 11.3 Å². The van der Waals surface area contributed by atoms with E-state index >= 15 is 0 Å². The third-order valence-corrected chi connectivity index (χ3v) is 6.29. The SMILES string of the molecule is O=C(Cn1cccc(C(=O)NCc2ccccc2)c1=O)Nc1nc2c(s1)CCCCC2. The summed E-state index contributed by atoms with van der Waals surface area (Å²) in [5.41, 5.74) is 1.52. The van der Waals surface area contributed by atoms with Gasteiger partial charge in [0.25, 0.3) is 11.5 Å². The lowest BCUT2D eigenvalue weighted by Gasteiger charge is -2.09. The summed E-state index contributed by atoms with van der Waals surface area (Å²) in [6, 6.07) is 12.5. The molecule has 1 aliphatic rings. The number of aromatic nitrogens is 2. The van der Waals surface area contributed by atoms with Crippen molar-refractivity contribution in [1.29, 1.82) is 0 Å². The van der Waals surface area contributed by atoms with Gasteiger partial charge in [-0.05, 0) is 43.4 Å². The van der Waals surface area contributed by atoms with Gasteiger partial charge in [0, 0.05) is 17.6 Å². The Labute approximate surface area is 184 Å². The minimum Gasteiger partial charge on any atom is -0.348 e. The number of thiazole rings is 1. The highest BCUT2D eigenvalue weighted by atomic mass is 32.1. The Kier molecular flexibility index (Phi) is 6.57. The monoisotopic (exact) mass is 436 g/mol. The van der Waals surface area contributed by atoms with Gasteiger partial charge >= 0.3 is 0 Å². The maximum absolute atomic E-state index is 12.7. The summed E-state index contributed by atoms with van der Waals surface area (Å²) in [6.07, 6.45) is 6.94. The molecule has 2 heterocycles. The number of carbonyl (C=O) groups is 2. The topological polar surface area (TPSA) is 93.1 Å². The molecule has 4 rings (SSSR count). The molecule has 1 aliphatic carbocycles. The summed E-state index contributed by atoms with van der Waals surface area (Å²) >= 11 is 1.51. The quantitative estimate of drug-likeness (QED) is 0.581. The molecule has 8 heteroatoms. The van der Waals surface area contributed by atoms with Crippen molar-refractivity contribution >= 4 is 28.3 Å². The first-order valence-corrected chi connectivity index (χ1v) is 11.2. The van der Waals surface area contributed by atoms with Crippen molar-refractivity contribution in [3.63, 3.8) is 0 Å². The fourth-order valence-electron chi connectivity index (χ4n) is 3.60. The van der Waals surface area contributed by atoms with E-state index in [4.69, 9.17) is 0 Å². The van der Waals surface area contributed by atoms with Crippen LogP contribution in [0.4, 0.5) is 5.13 Å². The molecule has 3 aromatic rings. The lowest BCUT2D eigenvalue weighted by molar-refractivity contribution is -0.116. The second-order valence-electron chi connectivity index (χ2n) is 7.52. The predicted molar refractivity (Wildman–Crippen MR) is 120 cm³/mol. The van der Waals surface area contributed by atoms with Gasteiger partial charge in [-0.1, -0.05) is 36.8 Å². The van der Waals surface area contributed by atoms with Gasteiger partial charge in [0.2, 0.25) is 5.91 Å². The highest BCUT2D eigenvalue weighted by Gasteiger charge is 2.17. The molecule has 2 N–H and O–H groups in total. The number of hydrogen-bond acceptors (Lipinski definition) is 5. The van der Waals surface area contributed by atoms with Crippen molar-refractivity contribution in [2.45, 2.75) is 45.2 Å². The largest absolute Gasteiger partial charge is 0.348 e. The van der Waals surface area contributed by atoms with Crippen LogP contribution in [0.5, 0.6) is 0 Å². The number of aryl methyl sites for hydroxylation is 2. The first-order valence-electron chi connectivity index (χ1n) is 10.4. The molecule has 7 nitrogen and oxygen atoms in total. The van der Waals surface area contributed by atoms with Gasteiger partial charge in [0.05, 0.1) is 5.69 Å². The Morgan fingerprint density at radius 2 is 1.84 bits per heavy atom. The average molecular weight is 437 g/mol. The number of hydrogen-bond donors (Lipinski definition) is 2. The Hall–Kier alpha value is -3.26. The van der Waals surface area contributed by atoms with Crippen LogP contribution in [0, 0.1) is 0 Å². The van der Waals surface area contributed by atoms with Crippen LogP contribution in [0.25, 0.3) is 0 Å². The molecule has 2 amide bonds. The first-order chi connectivity index (χ1) is 15.1. The second-order valence-corrected chi connectivity index (χ2v) is 8.60. The molecular formula is C23H24N4O3S. The fourth-order valence-corrected chi connectivity index (χ4v) is 4.67. The molecule has 0 atom stereocenters. The summed E-state index contributed by atoms with van der Waals surface area (Å²) in [4.78, 5) is 43.5. The van der Waals surface area contributed by atoms with Crippen molar-refractivity contribution in [1.82, 2.24) is 14.9 Å². The van der Waals surface area contributed by atoms with E-state index in [-0.39, 0.29) is 18.0 Å². The third-order valence-electron chi connectivity index (χ3n) is 5.22. The molecular weight excluding hydrogens is 412 g/mol. The molecule has 0 spiro atoms. The van der Waals surface area contributed by atoms with E-state index in [1.54, 1.807) is 6.07 Å². The van der Waals surface area contributed by atoms with Crippen LogP contribution < -0.4 is 16.2 Å². The van der Waals surface area contributed by atoms with E-state index in [9.17, 15) is 14.4 Å². The zero-order chi connectivity index (χ0) is 21.6. The van der Waals surface area contributed by atoms with E-state index in [0.29, 0.717) is 11.7 Å². The highest BCUT2D eigenvalue weighted by molar-refractivity contribution is 7.15. The number of carbonyl (C=O) groups excluding carboxylic acids is 2. The minimum absolute atomic E-state index is 0.00666. The molecule has 0 saturated heterocycles. The van der Waals surface area contributed by atoms with Gasteiger partial charge in [-0.2, -0.15) is 0 Å². The van der Waals surface area contributed by atoms with Gasteiger partial charge < -0.3 is 15.2 Å². The smallest absolute Gasteiger partial charge is 0.263 e. The van der Waals surface area contributed by atoms with Gasteiger partial charge in [-0.25, -0.2) is 4.98 Å². The van der Waals surface area contributed by atoms with E-state index < -0.39 is 11.5 Å². The van der Waals surface area contributed by atoms with Crippen molar-refractivity contribution in [2.24, 2.45) is 0 Å². The number of anilines is 1. The maximum atomic E-state index is 12.7. The lowest BCUT2D eigenvalue weighted by atomic mass is 10.2. The van der Waals surface area contributed by atoms with Crippen LogP contribution in [0.15, 0.2) is 53.5 Å². The zero-order valence-corrected chi connectivity index (χ0v) is 17.9. The molecule has 31 heavy (non-hydrogen) atoms. The molecule has 1 aromatic carbocycles. The van der Waals surface area contributed by atoms with Crippen molar-refractivity contribution in [3.05, 3.63) is 80.7 Å². The van der Waals surface area contributed by atoms with Crippen molar-refractivity contribution < 1.29 is 9.59 Å². The Morgan fingerprint density at radius 1 is 1.03 bits per heavy atom.